The van der Waals surface area contributed by atoms with Crippen molar-refractivity contribution >= 4 is 21.4 Å². The van der Waals surface area contributed by atoms with Gasteiger partial charge >= 0.3 is 0 Å². The number of nitro benzene ring substituents is 1. The number of rotatable bonds is 4. The van der Waals surface area contributed by atoms with Gasteiger partial charge in [0.05, 0.1) is 15.5 Å². The Hall–Kier alpha value is -2.55. The van der Waals surface area contributed by atoms with Crippen molar-refractivity contribution < 1.29 is 22.1 Å². The number of anilines is 1. The Labute approximate surface area is 118 Å². The third kappa shape index (κ3) is 3.31. The molecule has 0 unspecified atom stereocenters. The fraction of sp³-hybridized carbons (Fsp3) is 0. The normalized spacial score (nSPS) is 11.1. The summed E-state index contributed by atoms with van der Waals surface area (Å²) in [6.07, 6.45) is 0. The van der Waals surface area contributed by atoms with Gasteiger partial charge in [0.1, 0.15) is 11.6 Å². The van der Waals surface area contributed by atoms with E-state index in [4.69, 9.17) is 0 Å². The summed E-state index contributed by atoms with van der Waals surface area (Å²) in [6.45, 7) is 0. The van der Waals surface area contributed by atoms with Gasteiger partial charge in [0.25, 0.3) is 15.7 Å². The van der Waals surface area contributed by atoms with Crippen molar-refractivity contribution in [1.82, 2.24) is 0 Å². The average molecular weight is 314 g/mol. The molecule has 0 aliphatic carbocycles. The molecule has 2 rings (SSSR count). The van der Waals surface area contributed by atoms with Crippen LogP contribution in [0.5, 0.6) is 0 Å². The maximum absolute atomic E-state index is 13.4. The van der Waals surface area contributed by atoms with Crippen LogP contribution in [-0.4, -0.2) is 13.3 Å². The number of nitrogens with zero attached hydrogens (tertiary/aromatic N) is 1. The molecule has 0 aliphatic heterocycles. The molecule has 21 heavy (non-hydrogen) atoms. The quantitative estimate of drug-likeness (QED) is 0.694. The number of nitro groups is 1. The fourth-order valence-electron chi connectivity index (χ4n) is 1.54. The molecule has 0 heterocycles. The number of nitrogens with one attached hydrogen (secondary N) is 1. The Morgan fingerprint density at radius 3 is 2.48 bits per heavy atom. The van der Waals surface area contributed by atoms with Gasteiger partial charge in [-0.15, -0.1) is 0 Å². The van der Waals surface area contributed by atoms with Crippen LogP contribution in [0.2, 0.25) is 0 Å². The van der Waals surface area contributed by atoms with E-state index in [1.54, 1.807) is 0 Å². The number of sulfonamides is 1. The zero-order valence-electron chi connectivity index (χ0n) is 10.3. The molecule has 0 radical (unpaired) electrons. The summed E-state index contributed by atoms with van der Waals surface area (Å²) in [5, 5.41) is 10.6. The van der Waals surface area contributed by atoms with Crippen molar-refractivity contribution in [3.63, 3.8) is 0 Å². The van der Waals surface area contributed by atoms with E-state index >= 15 is 0 Å². The van der Waals surface area contributed by atoms with E-state index in [1.807, 2.05) is 4.72 Å². The lowest BCUT2D eigenvalue weighted by Gasteiger charge is -2.08. The second-order valence-electron chi connectivity index (χ2n) is 3.98. The van der Waals surface area contributed by atoms with Crippen LogP contribution in [0, 0.1) is 21.7 Å². The minimum absolute atomic E-state index is 0.430. The Bertz CT molecular complexity index is 809. The molecule has 0 aromatic heterocycles. The van der Waals surface area contributed by atoms with Gasteiger partial charge < -0.3 is 0 Å². The van der Waals surface area contributed by atoms with E-state index in [0.717, 1.165) is 30.3 Å². The summed E-state index contributed by atoms with van der Waals surface area (Å²) >= 11 is 0. The molecule has 0 bridgehead atoms. The number of benzene rings is 2. The van der Waals surface area contributed by atoms with Gasteiger partial charge in [-0.2, -0.15) is 0 Å². The first-order chi connectivity index (χ1) is 9.79. The lowest BCUT2D eigenvalue weighted by Crippen LogP contribution is -2.14. The summed E-state index contributed by atoms with van der Waals surface area (Å²) in [6, 6.07) is 6.48. The second kappa shape index (κ2) is 5.44. The van der Waals surface area contributed by atoms with Crippen molar-refractivity contribution in [2.24, 2.45) is 0 Å². The molecular formula is C12H8F2N2O4S. The highest BCUT2D eigenvalue weighted by atomic mass is 32.2. The summed E-state index contributed by atoms with van der Waals surface area (Å²) in [7, 11) is -4.27. The summed E-state index contributed by atoms with van der Waals surface area (Å²) < 4.78 is 52.3. The first-order valence-corrected chi connectivity index (χ1v) is 7.00. The monoisotopic (exact) mass is 314 g/mol. The highest BCUT2D eigenvalue weighted by Gasteiger charge is 2.19. The first kappa shape index (κ1) is 14.9. The van der Waals surface area contributed by atoms with Crippen LogP contribution < -0.4 is 4.72 Å². The number of halogens is 2. The highest BCUT2D eigenvalue weighted by molar-refractivity contribution is 7.92. The van der Waals surface area contributed by atoms with Crippen LogP contribution >= 0.6 is 0 Å². The minimum atomic E-state index is -4.27. The van der Waals surface area contributed by atoms with Crippen LogP contribution in [0.1, 0.15) is 0 Å². The van der Waals surface area contributed by atoms with E-state index in [0.29, 0.717) is 6.07 Å². The van der Waals surface area contributed by atoms with Gasteiger partial charge in [0.15, 0.2) is 0 Å². The fourth-order valence-corrected chi connectivity index (χ4v) is 2.64. The summed E-state index contributed by atoms with van der Waals surface area (Å²) in [5.41, 5.74) is -1.01. The van der Waals surface area contributed by atoms with Crippen LogP contribution in [0.4, 0.5) is 20.2 Å². The number of non-ortho nitro benzene ring substituents is 1. The predicted molar refractivity (Wildman–Crippen MR) is 70.3 cm³/mol. The zero-order chi connectivity index (χ0) is 15.6. The lowest BCUT2D eigenvalue weighted by atomic mass is 10.3. The summed E-state index contributed by atoms with van der Waals surface area (Å²) in [5.74, 6) is -1.79. The molecule has 0 atom stereocenters. The molecule has 1 N–H and O–H groups in total. The first-order valence-electron chi connectivity index (χ1n) is 5.52. The van der Waals surface area contributed by atoms with Gasteiger partial charge in [-0.3, -0.25) is 14.8 Å². The topological polar surface area (TPSA) is 89.3 Å². The van der Waals surface area contributed by atoms with Crippen molar-refractivity contribution in [3.05, 3.63) is 64.2 Å². The van der Waals surface area contributed by atoms with Gasteiger partial charge in [0.2, 0.25) is 0 Å². The third-order valence-electron chi connectivity index (χ3n) is 2.51. The predicted octanol–water partition coefficient (Wildman–Crippen LogP) is 2.67. The van der Waals surface area contributed by atoms with E-state index in [9.17, 15) is 27.3 Å². The highest BCUT2D eigenvalue weighted by Crippen LogP contribution is 2.22. The SMILES string of the molecule is O=[N+]([O-])c1cccc(S(=O)(=O)Nc2cc(F)ccc2F)c1. The van der Waals surface area contributed by atoms with Crippen molar-refractivity contribution in [2.45, 2.75) is 4.90 Å². The molecule has 110 valence electrons. The third-order valence-corrected chi connectivity index (χ3v) is 3.87. The molecule has 2 aromatic rings. The molecule has 2 aromatic carbocycles. The molecule has 0 aliphatic rings. The molecule has 0 saturated heterocycles. The maximum Gasteiger partial charge on any atom is 0.270 e. The van der Waals surface area contributed by atoms with E-state index in [-0.39, 0.29) is 0 Å². The Balaban J connectivity index is 2.41. The van der Waals surface area contributed by atoms with Crippen LogP contribution in [0.3, 0.4) is 0 Å². The Morgan fingerprint density at radius 1 is 1.10 bits per heavy atom. The van der Waals surface area contributed by atoms with Gasteiger partial charge in [0, 0.05) is 18.2 Å². The van der Waals surface area contributed by atoms with Crippen LogP contribution in [0.25, 0.3) is 0 Å². The average Bonchev–Trinajstić information content (AvgIpc) is 2.43. The number of hydrogen-bond acceptors (Lipinski definition) is 4. The Morgan fingerprint density at radius 2 is 1.81 bits per heavy atom. The van der Waals surface area contributed by atoms with Gasteiger partial charge in [-0.25, -0.2) is 17.2 Å². The number of hydrogen-bond donors (Lipinski definition) is 1. The van der Waals surface area contributed by atoms with Crippen LogP contribution in [-0.2, 0) is 10.0 Å². The molecule has 0 saturated carbocycles. The second-order valence-corrected chi connectivity index (χ2v) is 5.67. The van der Waals surface area contributed by atoms with Gasteiger partial charge in [-0.05, 0) is 18.2 Å². The van der Waals surface area contributed by atoms with E-state index in [2.05, 4.69) is 0 Å². The zero-order valence-corrected chi connectivity index (χ0v) is 11.1. The molecule has 0 amide bonds. The standard InChI is InChI=1S/C12H8F2N2O4S/c13-8-4-5-11(14)12(6-8)15-21(19,20)10-3-1-2-9(7-10)16(17)18/h1-7,15H. The van der Waals surface area contributed by atoms with Crippen molar-refractivity contribution in [2.75, 3.05) is 4.72 Å². The van der Waals surface area contributed by atoms with Crippen molar-refractivity contribution in [1.29, 1.82) is 0 Å². The molecular weight excluding hydrogens is 306 g/mol. The minimum Gasteiger partial charge on any atom is -0.277 e. The smallest absolute Gasteiger partial charge is 0.270 e. The summed E-state index contributed by atoms with van der Waals surface area (Å²) in [4.78, 5) is 9.43. The van der Waals surface area contributed by atoms with E-state index < -0.39 is 42.9 Å². The maximum atomic E-state index is 13.4. The van der Waals surface area contributed by atoms with Gasteiger partial charge in [-0.1, -0.05) is 6.07 Å². The molecule has 6 nitrogen and oxygen atoms in total. The Kier molecular flexibility index (Phi) is 3.85. The molecule has 0 fully saturated rings. The lowest BCUT2D eigenvalue weighted by molar-refractivity contribution is -0.385. The molecule has 9 heteroatoms. The van der Waals surface area contributed by atoms with E-state index in [1.165, 1.54) is 6.07 Å². The largest absolute Gasteiger partial charge is 0.277 e. The van der Waals surface area contributed by atoms with Crippen LogP contribution in [0.15, 0.2) is 47.4 Å². The van der Waals surface area contributed by atoms with Crippen molar-refractivity contribution in [3.8, 4) is 0 Å². The molecule has 0 spiro atoms.